The van der Waals surface area contributed by atoms with Gasteiger partial charge >= 0.3 is 0 Å². The highest BCUT2D eigenvalue weighted by Crippen LogP contribution is 2.62. The number of rotatable bonds is 7. The van der Waals surface area contributed by atoms with Crippen LogP contribution in [0.3, 0.4) is 0 Å². The monoisotopic (exact) mass is 482 g/mol. The van der Waals surface area contributed by atoms with Gasteiger partial charge in [-0.05, 0) is 85.2 Å². The zero-order valence-electron chi connectivity index (χ0n) is 22.2. The quantitative estimate of drug-likeness (QED) is 0.399. The lowest BCUT2D eigenvalue weighted by Gasteiger charge is -2.47. The van der Waals surface area contributed by atoms with Crippen molar-refractivity contribution in [1.82, 2.24) is 0 Å². The van der Waals surface area contributed by atoms with Crippen molar-refractivity contribution >= 4 is 5.78 Å². The molecule has 194 valence electrons. The van der Waals surface area contributed by atoms with Gasteiger partial charge in [0.2, 0.25) is 0 Å². The fraction of sp³-hybridized carbons (Fsp3) is 0.710. The van der Waals surface area contributed by atoms with Gasteiger partial charge in [0.1, 0.15) is 5.78 Å². The average Bonchev–Trinajstić information content (AvgIpc) is 3.54. The van der Waals surface area contributed by atoms with Crippen LogP contribution in [-0.2, 0) is 4.79 Å². The molecule has 4 fully saturated rings. The number of aliphatic hydroxyl groups excluding tert-OH is 3. The summed E-state index contributed by atoms with van der Waals surface area (Å²) in [6.45, 7) is 13.0. The molecule has 4 aliphatic carbocycles. The van der Waals surface area contributed by atoms with Gasteiger partial charge < -0.3 is 15.3 Å². The summed E-state index contributed by atoms with van der Waals surface area (Å²) in [5, 5.41) is 31.2. The van der Waals surface area contributed by atoms with E-state index in [9.17, 15) is 20.1 Å². The largest absolute Gasteiger partial charge is 0.393 e. The molecule has 6 atom stereocenters. The van der Waals surface area contributed by atoms with Crippen LogP contribution in [0.1, 0.15) is 91.9 Å². The fourth-order valence-electron chi connectivity index (χ4n) is 7.79. The molecular weight excluding hydrogens is 436 g/mol. The Morgan fingerprint density at radius 1 is 1.20 bits per heavy atom. The second kappa shape index (κ2) is 9.76. The highest BCUT2D eigenvalue weighted by molar-refractivity contribution is 5.88. The first-order valence-corrected chi connectivity index (χ1v) is 13.8. The molecule has 0 aromatic heterocycles. The van der Waals surface area contributed by atoms with Gasteiger partial charge in [-0.15, -0.1) is 0 Å². The summed E-state index contributed by atoms with van der Waals surface area (Å²) < 4.78 is 0. The number of carbonyl (C=O) groups excluding carboxylic acids is 1. The van der Waals surface area contributed by atoms with Crippen molar-refractivity contribution in [3.8, 4) is 0 Å². The molecule has 0 bridgehead atoms. The van der Waals surface area contributed by atoms with Gasteiger partial charge in [-0.1, -0.05) is 64.2 Å². The molecule has 0 aliphatic heterocycles. The van der Waals surface area contributed by atoms with E-state index in [0.29, 0.717) is 31.1 Å². The number of ketones is 1. The van der Waals surface area contributed by atoms with Crippen molar-refractivity contribution in [2.24, 2.45) is 28.1 Å². The van der Waals surface area contributed by atoms with Gasteiger partial charge in [-0.25, -0.2) is 0 Å². The Kier molecular flexibility index (Phi) is 7.41. The Labute approximate surface area is 211 Å². The molecule has 0 spiro atoms. The minimum atomic E-state index is -0.679. The third kappa shape index (κ3) is 4.91. The number of allylic oxidation sites excluding steroid dienone is 4. The molecule has 0 radical (unpaired) electrons. The maximum Gasteiger partial charge on any atom is 0.141 e. The summed E-state index contributed by atoms with van der Waals surface area (Å²) in [7, 11) is 0. The molecule has 0 aromatic carbocycles. The van der Waals surface area contributed by atoms with Gasteiger partial charge in [0.25, 0.3) is 0 Å². The number of hydrogen-bond acceptors (Lipinski definition) is 4. The van der Waals surface area contributed by atoms with Gasteiger partial charge in [-0.3, -0.25) is 4.79 Å². The molecule has 3 N–H and O–H groups in total. The number of fused-ring (bicyclic) bond motifs is 1. The van der Waals surface area contributed by atoms with Crippen LogP contribution in [0.15, 0.2) is 47.6 Å². The topological polar surface area (TPSA) is 77.8 Å². The van der Waals surface area contributed by atoms with Crippen molar-refractivity contribution < 1.29 is 20.1 Å². The molecule has 0 amide bonds. The Hall–Kier alpha value is -1.49. The lowest BCUT2D eigenvalue weighted by molar-refractivity contribution is -0.126. The van der Waals surface area contributed by atoms with E-state index < -0.39 is 23.7 Å². The van der Waals surface area contributed by atoms with Crippen molar-refractivity contribution in [1.29, 1.82) is 0 Å². The maximum absolute atomic E-state index is 12.4. The second-order valence-electron chi connectivity index (χ2n) is 12.7. The standard InChI is InChI=1S/C31H46O4/c1-6-27(34)31(16-17-31)28(35)13-15-29(3,4)26-12-11-24-21(8-7-14-30(24,26)5)9-10-22-18-23(32)19-25(33)20(22)2/h9-10,13,15,23-26,28,32-33,35H,2,6-8,11-12,14,16-19H2,1,3-5H3/t23-,24+,25+,26-,28+,30+/m1/s1. The van der Waals surface area contributed by atoms with Crippen LogP contribution in [0.5, 0.6) is 0 Å². The Bertz CT molecular complexity index is 934. The molecule has 0 saturated heterocycles. The second-order valence-corrected chi connectivity index (χ2v) is 12.7. The Balaban J connectivity index is 1.51. The van der Waals surface area contributed by atoms with Crippen LogP contribution in [0, 0.1) is 28.1 Å². The summed E-state index contributed by atoms with van der Waals surface area (Å²) in [6.07, 6.45) is 15.5. The van der Waals surface area contributed by atoms with E-state index >= 15 is 0 Å². The molecular formula is C31H46O4. The average molecular weight is 483 g/mol. The first-order chi connectivity index (χ1) is 16.4. The summed E-state index contributed by atoms with van der Waals surface area (Å²) in [4.78, 5) is 12.4. The molecule has 4 heteroatoms. The van der Waals surface area contributed by atoms with Crippen LogP contribution >= 0.6 is 0 Å². The van der Waals surface area contributed by atoms with Crippen molar-refractivity contribution in [3.05, 3.63) is 47.6 Å². The number of aliphatic hydroxyl groups is 3. The predicted molar refractivity (Wildman–Crippen MR) is 141 cm³/mol. The van der Waals surface area contributed by atoms with Crippen molar-refractivity contribution in [3.63, 3.8) is 0 Å². The molecule has 35 heavy (non-hydrogen) atoms. The van der Waals surface area contributed by atoms with E-state index in [-0.39, 0.29) is 16.6 Å². The van der Waals surface area contributed by atoms with Crippen LogP contribution < -0.4 is 0 Å². The van der Waals surface area contributed by atoms with E-state index in [1.807, 2.05) is 13.0 Å². The SMILES string of the molecule is C=C1C(=CC=C2CCC[C@]3(C)[C@@H](C(C)(C)C=C[C@H](O)C4(C(=O)CC)CC4)CC[C@@H]23)C[C@@H](O)C[C@@H]1O. The van der Waals surface area contributed by atoms with Gasteiger partial charge in [-0.2, -0.15) is 0 Å². The molecule has 0 unspecified atom stereocenters. The third-order valence-electron chi connectivity index (χ3n) is 10.1. The predicted octanol–water partition coefficient (Wildman–Crippen LogP) is 5.83. The Morgan fingerprint density at radius 2 is 1.91 bits per heavy atom. The highest BCUT2D eigenvalue weighted by Gasteiger charge is 2.55. The van der Waals surface area contributed by atoms with E-state index in [4.69, 9.17) is 0 Å². The maximum atomic E-state index is 12.4. The number of hydrogen-bond donors (Lipinski definition) is 3. The third-order valence-corrected chi connectivity index (χ3v) is 10.1. The van der Waals surface area contributed by atoms with Crippen LogP contribution in [0.25, 0.3) is 0 Å². The molecule has 4 saturated carbocycles. The van der Waals surface area contributed by atoms with Gasteiger partial charge in [0.05, 0.1) is 23.7 Å². The lowest BCUT2D eigenvalue weighted by atomic mass is 9.57. The summed E-state index contributed by atoms with van der Waals surface area (Å²) in [6, 6.07) is 0. The number of Topliss-reactive ketones (excluding diaryl/α,β-unsaturated/α-hetero) is 1. The van der Waals surface area contributed by atoms with Crippen LogP contribution in [-0.4, -0.2) is 39.4 Å². The first kappa shape index (κ1) is 26.6. The van der Waals surface area contributed by atoms with E-state index in [1.165, 1.54) is 24.8 Å². The van der Waals surface area contributed by atoms with E-state index in [2.05, 4.69) is 45.6 Å². The number of carbonyl (C=O) groups is 1. The first-order valence-electron chi connectivity index (χ1n) is 13.8. The van der Waals surface area contributed by atoms with E-state index in [0.717, 1.165) is 36.8 Å². The normalized spacial score (nSPS) is 38.2. The van der Waals surface area contributed by atoms with Gasteiger partial charge in [0, 0.05) is 12.8 Å². The zero-order chi connectivity index (χ0) is 25.6. The molecule has 4 nitrogen and oxygen atoms in total. The summed E-state index contributed by atoms with van der Waals surface area (Å²) >= 11 is 0. The molecule has 4 rings (SSSR count). The molecule has 0 heterocycles. The lowest BCUT2D eigenvalue weighted by Crippen LogP contribution is -2.39. The highest BCUT2D eigenvalue weighted by atomic mass is 16.3. The van der Waals surface area contributed by atoms with Crippen molar-refractivity contribution in [2.75, 3.05) is 0 Å². The summed E-state index contributed by atoms with van der Waals surface area (Å²) in [5.74, 6) is 1.22. The molecule has 0 aromatic rings. The minimum absolute atomic E-state index is 0.0669. The van der Waals surface area contributed by atoms with Crippen LogP contribution in [0.2, 0.25) is 0 Å². The smallest absolute Gasteiger partial charge is 0.141 e. The zero-order valence-corrected chi connectivity index (χ0v) is 22.2. The Morgan fingerprint density at radius 3 is 2.57 bits per heavy atom. The van der Waals surface area contributed by atoms with E-state index in [1.54, 1.807) is 0 Å². The van der Waals surface area contributed by atoms with Crippen LogP contribution in [0.4, 0.5) is 0 Å². The molecule has 4 aliphatic rings. The minimum Gasteiger partial charge on any atom is -0.393 e. The van der Waals surface area contributed by atoms with Crippen molar-refractivity contribution in [2.45, 2.75) is 110 Å². The summed E-state index contributed by atoms with van der Waals surface area (Å²) in [5.41, 5.74) is 2.81. The van der Waals surface area contributed by atoms with Gasteiger partial charge in [0.15, 0.2) is 0 Å². The fourth-order valence-corrected chi connectivity index (χ4v) is 7.79.